The van der Waals surface area contributed by atoms with E-state index in [2.05, 4.69) is 35.0 Å². The molecule has 0 saturated carbocycles. The number of hydrogen-bond donors (Lipinski definition) is 1. The largest absolute Gasteiger partial charge is 0.326 e. The van der Waals surface area contributed by atoms with Gasteiger partial charge in [0.25, 0.3) is 0 Å². The van der Waals surface area contributed by atoms with E-state index in [0.717, 1.165) is 6.42 Å². The second-order valence-electron chi connectivity index (χ2n) is 4.07. The summed E-state index contributed by atoms with van der Waals surface area (Å²) in [5.41, 5.74) is 8.62. The van der Waals surface area contributed by atoms with E-state index in [1.54, 1.807) is 11.3 Å². The predicted octanol–water partition coefficient (Wildman–Crippen LogP) is 2.58. The molecule has 0 bridgehead atoms. The number of aryl methyl sites for hydroxylation is 1. The van der Waals surface area contributed by atoms with Crippen LogP contribution in [0.5, 0.6) is 0 Å². The first-order valence-corrected chi connectivity index (χ1v) is 6.45. The fourth-order valence-electron chi connectivity index (χ4n) is 1.85. The maximum absolute atomic E-state index is 6.19. The molecule has 0 fully saturated rings. The van der Waals surface area contributed by atoms with Gasteiger partial charge >= 0.3 is 0 Å². The van der Waals surface area contributed by atoms with Crippen LogP contribution in [0, 0.1) is 6.92 Å². The van der Waals surface area contributed by atoms with Crippen molar-refractivity contribution in [3.05, 3.63) is 40.3 Å². The van der Waals surface area contributed by atoms with Crippen molar-refractivity contribution in [3.63, 3.8) is 0 Å². The Morgan fingerprint density at radius 2 is 2.38 bits per heavy atom. The molecule has 2 atom stereocenters. The average molecular weight is 235 g/mol. The number of nitrogens with two attached hydrogens (primary N) is 1. The minimum Gasteiger partial charge on any atom is -0.326 e. The fraction of sp³-hybridized carbons (Fsp3) is 0.417. The summed E-state index contributed by atoms with van der Waals surface area (Å²) in [5, 5.41) is 8.62. The molecule has 0 aromatic carbocycles. The van der Waals surface area contributed by atoms with Gasteiger partial charge in [0.05, 0.1) is 12.2 Å². The first kappa shape index (κ1) is 11.4. The highest BCUT2D eigenvalue weighted by molar-refractivity contribution is 7.07. The molecule has 0 radical (unpaired) electrons. The van der Waals surface area contributed by atoms with Gasteiger partial charge in [-0.15, -0.1) is 0 Å². The molecule has 2 aromatic rings. The van der Waals surface area contributed by atoms with Crippen LogP contribution >= 0.6 is 11.3 Å². The Morgan fingerprint density at radius 3 is 2.88 bits per heavy atom. The zero-order valence-electron chi connectivity index (χ0n) is 9.63. The van der Waals surface area contributed by atoms with Crippen LogP contribution in [0.3, 0.4) is 0 Å². The summed E-state index contributed by atoms with van der Waals surface area (Å²) in [4.78, 5) is 0. The van der Waals surface area contributed by atoms with Crippen molar-refractivity contribution in [2.24, 2.45) is 5.73 Å². The highest BCUT2D eigenvalue weighted by atomic mass is 32.1. The molecule has 2 rings (SSSR count). The van der Waals surface area contributed by atoms with Crippen LogP contribution in [0.1, 0.15) is 30.5 Å². The van der Waals surface area contributed by atoms with Gasteiger partial charge in [-0.05, 0) is 41.3 Å². The van der Waals surface area contributed by atoms with E-state index >= 15 is 0 Å². The minimum absolute atomic E-state index is 0.105. The quantitative estimate of drug-likeness (QED) is 0.885. The average Bonchev–Trinajstić information content (AvgIpc) is 2.91. The van der Waals surface area contributed by atoms with Crippen LogP contribution in [0.25, 0.3) is 0 Å². The molecule has 0 aliphatic rings. The maximum Gasteiger partial charge on any atom is 0.0927 e. The Bertz CT molecular complexity index is 433. The van der Waals surface area contributed by atoms with E-state index in [1.807, 2.05) is 17.8 Å². The Balaban J connectivity index is 2.35. The van der Waals surface area contributed by atoms with Crippen molar-refractivity contribution in [2.75, 3.05) is 0 Å². The standard InChI is InChI=1S/C12H17N3S/c1-3-11(13)12(10-4-5-16-8-10)15-7-9(2)6-14-15/h4-8,11-12H,3,13H2,1-2H3. The molecule has 2 heterocycles. The molecular formula is C12H17N3S. The lowest BCUT2D eigenvalue weighted by molar-refractivity contribution is 0.425. The summed E-state index contributed by atoms with van der Waals surface area (Å²) < 4.78 is 1.98. The van der Waals surface area contributed by atoms with Gasteiger partial charge < -0.3 is 5.73 Å². The minimum atomic E-state index is 0.105. The molecule has 0 aliphatic carbocycles. The molecule has 16 heavy (non-hydrogen) atoms. The summed E-state index contributed by atoms with van der Waals surface area (Å²) in [5.74, 6) is 0. The molecule has 2 unspecified atom stereocenters. The van der Waals surface area contributed by atoms with Crippen molar-refractivity contribution in [2.45, 2.75) is 32.4 Å². The molecule has 0 aliphatic heterocycles. The normalized spacial score (nSPS) is 14.9. The number of hydrogen-bond acceptors (Lipinski definition) is 3. The van der Waals surface area contributed by atoms with Gasteiger partial charge in [-0.1, -0.05) is 6.92 Å². The number of nitrogens with zero attached hydrogens (tertiary/aromatic N) is 2. The van der Waals surface area contributed by atoms with Crippen molar-refractivity contribution in [1.29, 1.82) is 0 Å². The van der Waals surface area contributed by atoms with Crippen LogP contribution < -0.4 is 5.73 Å². The van der Waals surface area contributed by atoms with E-state index in [-0.39, 0.29) is 12.1 Å². The second kappa shape index (κ2) is 4.80. The smallest absolute Gasteiger partial charge is 0.0927 e. The van der Waals surface area contributed by atoms with E-state index < -0.39 is 0 Å². The highest BCUT2D eigenvalue weighted by Gasteiger charge is 2.21. The molecular weight excluding hydrogens is 218 g/mol. The molecule has 4 heteroatoms. The van der Waals surface area contributed by atoms with E-state index in [0.29, 0.717) is 0 Å². The van der Waals surface area contributed by atoms with Gasteiger partial charge in [0.15, 0.2) is 0 Å². The van der Waals surface area contributed by atoms with Crippen molar-refractivity contribution < 1.29 is 0 Å². The zero-order chi connectivity index (χ0) is 11.5. The number of aromatic nitrogens is 2. The first-order chi connectivity index (χ1) is 7.72. The predicted molar refractivity (Wildman–Crippen MR) is 67.7 cm³/mol. The first-order valence-electron chi connectivity index (χ1n) is 5.50. The van der Waals surface area contributed by atoms with E-state index in [9.17, 15) is 0 Å². The lowest BCUT2D eigenvalue weighted by Gasteiger charge is -2.22. The van der Waals surface area contributed by atoms with Gasteiger partial charge in [-0.25, -0.2) is 0 Å². The second-order valence-corrected chi connectivity index (χ2v) is 4.85. The molecule has 86 valence electrons. The monoisotopic (exact) mass is 235 g/mol. The summed E-state index contributed by atoms with van der Waals surface area (Å²) in [7, 11) is 0. The van der Waals surface area contributed by atoms with Gasteiger partial charge in [0, 0.05) is 12.2 Å². The molecule has 0 saturated heterocycles. The molecule has 0 spiro atoms. The van der Waals surface area contributed by atoms with Gasteiger partial charge in [-0.3, -0.25) is 4.68 Å². The third-order valence-electron chi connectivity index (χ3n) is 2.78. The summed E-state index contributed by atoms with van der Waals surface area (Å²) in [6.07, 6.45) is 4.87. The van der Waals surface area contributed by atoms with Gasteiger partial charge in [-0.2, -0.15) is 16.4 Å². The van der Waals surface area contributed by atoms with Crippen LogP contribution in [0.2, 0.25) is 0 Å². The lowest BCUT2D eigenvalue weighted by Crippen LogP contribution is -2.32. The van der Waals surface area contributed by atoms with Crippen LogP contribution in [-0.2, 0) is 0 Å². The molecule has 3 nitrogen and oxygen atoms in total. The zero-order valence-corrected chi connectivity index (χ0v) is 10.4. The Morgan fingerprint density at radius 1 is 1.56 bits per heavy atom. The van der Waals surface area contributed by atoms with E-state index in [1.165, 1.54) is 11.1 Å². The maximum atomic E-state index is 6.19. The third-order valence-corrected chi connectivity index (χ3v) is 3.48. The van der Waals surface area contributed by atoms with Gasteiger partial charge in [0.1, 0.15) is 0 Å². The van der Waals surface area contributed by atoms with E-state index in [4.69, 9.17) is 5.73 Å². The van der Waals surface area contributed by atoms with Crippen LogP contribution in [-0.4, -0.2) is 15.8 Å². The van der Waals surface area contributed by atoms with Crippen LogP contribution in [0.15, 0.2) is 29.2 Å². The van der Waals surface area contributed by atoms with Crippen molar-refractivity contribution in [1.82, 2.24) is 9.78 Å². The SMILES string of the molecule is CCC(N)C(c1ccsc1)n1cc(C)cn1. The topological polar surface area (TPSA) is 43.8 Å². The summed E-state index contributed by atoms with van der Waals surface area (Å²) >= 11 is 1.70. The van der Waals surface area contributed by atoms with Crippen molar-refractivity contribution in [3.8, 4) is 0 Å². The molecule has 2 N–H and O–H groups in total. The molecule has 0 amide bonds. The lowest BCUT2D eigenvalue weighted by atomic mass is 10.0. The summed E-state index contributed by atoms with van der Waals surface area (Å²) in [6.45, 7) is 4.16. The Kier molecular flexibility index (Phi) is 3.41. The number of rotatable bonds is 4. The van der Waals surface area contributed by atoms with Gasteiger partial charge in [0.2, 0.25) is 0 Å². The highest BCUT2D eigenvalue weighted by Crippen LogP contribution is 2.24. The molecule has 2 aromatic heterocycles. The summed E-state index contributed by atoms with van der Waals surface area (Å²) in [6, 6.07) is 2.39. The fourth-order valence-corrected chi connectivity index (χ4v) is 2.54. The van der Waals surface area contributed by atoms with Crippen molar-refractivity contribution >= 4 is 11.3 Å². The van der Waals surface area contributed by atoms with Crippen LogP contribution in [0.4, 0.5) is 0 Å². The Hall–Kier alpha value is -1.13. The number of thiophene rings is 1. The Labute approximate surface area is 99.9 Å². The third kappa shape index (κ3) is 2.18.